The van der Waals surface area contributed by atoms with Gasteiger partial charge in [-0.2, -0.15) is 0 Å². The molecule has 0 aliphatic carbocycles. The third kappa shape index (κ3) is 5.03. The van der Waals surface area contributed by atoms with Gasteiger partial charge in [-0.15, -0.1) is 0 Å². The van der Waals surface area contributed by atoms with E-state index in [0.29, 0.717) is 33.7 Å². The van der Waals surface area contributed by atoms with Crippen molar-refractivity contribution in [2.45, 2.75) is 20.3 Å². The lowest BCUT2D eigenvalue weighted by Crippen LogP contribution is -2.20. The van der Waals surface area contributed by atoms with Crippen molar-refractivity contribution < 1.29 is 27.4 Å². The van der Waals surface area contributed by atoms with Crippen LogP contribution in [0, 0.1) is 31.3 Å². The number of aryl methyl sites for hydroxylation is 2. The minimum Gasteiger partial charge on any atom is -0.495 e. The number of H-pyrrole nitrogens is 1. The van der Waals surface area contributed by atoms with Crippen molar-refractivity contribution in [1.29, 1.82) is 0 Å². The van der Waals surface area contributed by atoms with Gasteiger partial charge in [0, 0.05) is 48.3 Å². The summed E-state index contributed by atoms with van der Waals surface area (Å²) >= 11 is 0. The van der Waals surface area contributed by atoms with E-state index in [-0.39, 0.29) is 22.4 Å². The van der Waals surface area contributed by atoms with E-state index in [1.54, 1.807) is 19.9 Å². The monoisotopic (exact) mass is 545 g/mol. The molecule has 0 saturated heterocycles. The first-order valence-electron chi connectivity index (χ1n) is 12.1. The molecule has 0 bridgehead atoms. The number of benzene rings is 2. The van der Waals surface area contributed by atoms with Gasteiger partial charge in [-0.3, -0.25) is 14.6 Å². The second kappa shape index (κ2) is 10.6. The van der Waals surface area contributed by atoms with Crippen molar-refractivity contribution in [3.8, 4) is 28.4 Å². The number of carbonyl (C=O) groups excluding carboxylic acids is 1. The van der Waals surface area contributed by atoms with Crippen LogP contribution in [0.1, 0.15) is 27.3 Å². The summed E-state index contributed by atoms with van der Waals surface area (Å²) in [4.78, 5) is 37.7. The van der Waals surface area contributed by atoms with Crippen molar-refractivity contribution in [3.05, 3.63) is 111 Å². The lowest BCUT2D eigenvalue weighted by atomic mass is 9.97. The fraction of sp³-hybridized carbons (Fsp3) is 0.133. The number of hydrogen-bond acceptors (Lipinski definition) is 6. The summed E-state index contributed by atoms with van der Waals surface area (Å²) in [6.07, 6.45) is 2.10. The standard InChI is InChI=1S/C30H22F3N3O4/c1-15-26(39-3)13-23-29(36-15)25(8-9-34-23)40-27-12-21(32)18(10-22(27)33)11-24(37)20-14-35-16(2)28(30(20)38)17-4-6-19(31)7-5-17/h4-10,12-14H,11H2,1-3H3,(H,35,38). The molecule has 0 fully saturated rings. The Morgan fingerprint density at radius 2 is 1.70 bits per heavy atom. The van der Waals surface area contributed by atoms with Crippen molar-refractivity contribution in [2.24, 2.45) is 0 Å². The highest BCUT2D eigenvalue weighted by atomic mass is 19.1. The molecule has 3 heterocycles. The van der Waals surface area contributed by atoms with Crippen LogP contribution in [-0.2, 0) is 6.42 Å². The molecule has 0 spiro atoms. The molecule has 10 heteroatoms. The number of carbonyl (C=O) groups is 1. The molecule has 7 nitrogen and oxygen atoms in total. The molecular weight excluding hydrogens is 523 g/mol. The number of hydrogen-bond donors (Lipinski definition) is 1. The number of halogens is 3. The zero-order valence-corrected chi connectivity index (χ0v) is 21.6. The van der Waals surface area contributed by atoms with Crippen molar-refractivity contribution in [3.63, 3.8) is 0 Å². The third-order valence-corrected chi connectivity index (χ3v) is 6.42. The zero-order valence-electron chi connectivity index (χ0n) is 21.6. The molecule has 5 aromatic rings. The second-order valence-corrected chi connectivity index (χ2v) is 9.07. The van der Waals surface area contributed by atoms with Crippen LogP contribution in [0.4, 0.5) is 13.2 Å². The van der Waals surface area contributed by atoms with Gasteiger partial charge in [-0.05, 0) is 43.2 Å². The number of pyridine rings is 3. The number of aromatic nitrogens is 3. The van der Waals surface area contributed by atoms with E-state index in [2.05, 4.69) is 15.0 Å². The van der Waals surface area contributed by atoms with Crippen LogP contribution >= 0.6 is 0 Å². The predicted octanol–water partition coefficient (Wildman–Crippen LogP) is 6.25. The summed E-state index contributed by atoms with van der Waals surface area (Å²) in [6, 6.07) is 10.1. The Labute approximate surface area is 226 Å². The van der Waals surface area contributed by atoms with Crippen LogP contribution in [0.25, 0.3) is 22.2 Å². The maximum Gasteiger partial charge on any atom is 0.200 e. The van der Waals surface area contributed by atoms with Crippen LogP contribution in [0.15, 0.2) is 65.7 Å². The topological polar surface area (TPSA) is 94.2 Å². The van der Waals surface area contributed by atoms with Gasteiger partial charge in [0.15, 0.2) is 28.5 Å². The van der Waals surface area contributed by atoms with Gasteiger partial charge in [-0.25, -0.2) is 18.2 Å². The Morgan fingerprint density at radius 3 is 2.42 bits per heavy atom. The zero-order chi connectivity index (χ0) is 28.6. The molecule has 0 saturated carbocycles. The summed E-state index contributed by atoms with van der Waals surface area (Å²) in [7, 11) is 1.50. The van der Waals surface area contributed by atoms with Crippen LogP contribution < -0.4 is 14.9 Å². The summed E-state index contributed by atoms with van der Waals surface area (Å²) in [5.41, 5.74) is 1.31. The van der Waals surface area contributed by atoms with Crippen LogP contribution in [0.3, 0.4) is 0 Å². The van der Waals surface area contributed by atoms with Crippen LogP contribution in [0.5, 0.6) is 17.2 Å². The molecular formula is C30H22F3N3O4. The van der Waals surface area contributed by atoms with E-state index in [9.17, 15) is 14.0 Å². The quantitative estimate of drug-likeness (QED) is 0.243. The predicted molar refractivity (Wildman–Crippen MR) is 142 cm³/mol. The highest BCUT2D eigenvalue weighted by molar-refractivity contribution is 5.98. The maximum atomic E-state index is 15.1. The van der Waals surface area contributed by atoms with Gasteiger partial charge >= 0.3 is 0 Å². The highest BCUT2D eigenvalue weighted by Gasteiger charge is 2.21. The average molecular weight is 546 g/mol. The Balaban J connectivity index is 1.43. The van der Waals surface area contributed by atoms with E-state index in [4.69, 9.17) is 9.47 Å². The van der Waals surface area contributed by atoms with E-state index in [1.807, 2.05) is 0 Å². The number of nitrogens with zero attached hydrogens (tertiary/aromatic N) is 2. The van der Waals surface area contributed by atoms with Crippen LogP contribution in [-0.4, -0.2) is 27.8 Å². The summed E-state index contributed by atoms with van der Waals surface area (Å²) in [6.45, 7) is 3.37. The fourth-order valence-corrected chi connectivity index (χ4v) is 4.37. The maximum absolute atomic E-state index is 15.1. The lowest BCUT2D eigenvalue weighted by molar-refractivity contribution is 0.0990. The van der Waals surface area contributed by atoms with Gasteiger partial charge in [0.05, 0.1) is 23.9 Å². The third-order valence-electron chi connectivity index (χ3n) is 6.42. The number of fused-ring (bicyclic) bond motifs is 1. The van der Waals surface area contributed by atoms with Gasteiger partial charge in [-0.1, -0.05) is 12.1 Å². The number of rotatable bonds is 7. The number of Topliss-reactive ketones (excluding diaryl/α,β-unsaturated/α-hetero) is 1. The summed E-state index contributed by atoms with van der Waals surface area (Å²) in [5, 5.41) is 0. The number of nitrogens with one attached hydrogen (secondary N) is 1. The van der Waals surface area contributed by atoms with Gasteiger partial charge in [0.25, 0.3) is 0 Å². The van der Waals surface area contributed by atoms with E-state index in [1.165, 1.54) is 49.8 Å². The minimum atomic E-state index is -0.913. The average Bonchev–Trinajstić information content (AvgIpc) is 2.92. The smallest absolute Gasteiger partial charge is 0.200 e. The molecule has 0 atom stereocenters. The lowest BCUT2D eigenvalue weighted by Gasteiger charge is -2.12. The van der Waals surface area contributed by atoms with Crippen molar-refractivity contribution in [2.75, 3.05) is 7.11 Å². The highest BCUT2D eigenvalue weighted by Crippen LogP contribution is 2.33. The number of ketones is 1. The van der Waals surface area contributed by atoms with E-state index < -0.39 is 40.8 Å². The molecule has 5 rings (SSSR count). The first-order chi connectivity index (χ1) is 19.2. The van der Waals surface area contributed by atoms with Gasteiger partial charge < -0.3 is 14.5 Å². The summed E-state index contributed by atoms with van der Waals surface area (Å²) in [5.74, 6) is -2.74. The molecule has 0 aliphatic heterocycles. The minimum absolute atomic E-state index is 0.150. The molecule has 40 heavy (non-hydrogen) atoms. The van der Waals surface area contributed by atoms with Crippen molar-refractivity contribution in [1.82, 2.24) is 15.0 Å². The van der Waals surface area contributed by atoms with Crippen LogP contribution in [0.2, 0.25) is 0 Å². The molecule has 0 unspecified atom stereocenters. The number of aromatic amines is 1. The molecule has 3 aromatic heterocycles. The Bertz CT molecular complexity index is 1840. The summed E-state index contributed by atoms with van der Waals surface area (Å²) < 4.78 is 54.4. The Hall–Kier alpha value is -4.99. The van der Waals surface area contributed by atoms with Gasteiger partial charge in [0.2, 0.25) is 0 Å². The molecule has 0 aliphatic rings. The second-order valence-electron chi connectivity index (χ2n) is 9.07. The number of methoxy groups -OCH3 is 1. The van der Waals surface area contributed by atoms with E-state index in [0.717, 1.165) is 12.1 Å². The van der Waals surface area contributed by atoms with Gasteiger partial charge in [0.1, 0.15) is 22.9 Å². The molecule has 2 aromatic carbocycles. The first-order valence-corrected chi connectivity index (χ1v) is 12.1. The number of ether oxygens (including phenoxy) is 2. The fourth-order valence-electron chi connectivity index (χ4n) is 4.37. The Kier molecular flexibility index (Phi) is 7.08. The SMILES string of the molecule is COc1cc2nccc(Oc3cc(F)c(CC(=O)c4c[nH]c(C)c(-c5ccc(F)cc5)c4=O)cc3F)c2nc1C. The molecule has 0 amide bonds. The first kappa shape index (κ1) is 26.6. The normalized spacial score (nSPS) is 11.1. The van der Waals surface area contributed by atoms with Crippen molar-refractivity contribution >= 4 is 16.8 Å². The molecule has 1 N–H and O–H groups in total. The largest absolute Gasteiger partial charge is 0.495 e. The molecule has 0 radical (unpaired) electrons. The van der Waals surface area contributed by atoms with E-state index >= 15 is 8.78 Å². The molecule has 202 valence electrons. The Morgan fingerprint density at radius 1 is 0.950 bits per heavy atom.